The van der Waals surface area contributed by atoms with Crippen molar-refractivity contribution in [1.82, 2.24) is 0 Å². The van der Waals surface area contributed by atoms with Crippen molar-refractivity contribution in [2.45, 2.75) is 72.1 Å². The molecule has 0 N–H and O–H groups in total. The number of methoxy groups -OCH3 is 2. The number of esters is 3. The van der Waals surface area contributed by atoms with Gasteiger partial charge in [-0.3, -0.25) is 4.79 Å². The number of carbonyl (C=O) groups excluding carboxylic acids is 3. The van der Waals surface area contributed by atoms with Gasteiger partial charge < -0.3 is 28.4 Å². The molecular formula is C35H48O9. The molecule has 0 fully saturated rings. The summed E-state index contributed by atoms with van der Waals surface area (Å²) in [5, 5.41) is 0. The lowest BCUT2D eigenvalue weighted by Gasteiger charge is -2.20. The van der Waals surface area contributed by atoms with E-state index in [1.165, 1.54) is 20.3 Å². The molecule has 2 aromatic carbocycles. The number of unbranched alkanes of at least 4 members (excludes halogenated alkanes) is 6. The molecule has 0 aliphatic carbocycles. The summed E-state index contributed by atoms with van der Waals surface area (Å²) in [5.74, 6) is 0.185. The average molecular weight is 613 g/mol. The van der Waals surface area contributed by atoms with Crippen molar-refractivity contribution in [3.8, 4) is 17.2 Å². The number of rotatable bonds is 21. The minimum Gasteiger partial charge on any atom is -0.494 e. The molecule has 9 heteroatoms. The Labute approximate surface area is 261 Å². The van der Waals surface area contributed by atoms with Gasteiger partial charge in [0.05, 0.1) is 37.9 Å². The van der Waals surface area contributed by atoms with E-state index in [1.807, 2.05) is 20.8 Å². The van der Waals surface area contributed by atoms with Gasteiger partial charge in [0.2, 0.25) is 0 Å². The van der Waals surface area contributed by atoms with Crippen LogP contribution in [-0.2, 0) is 23.8 Å². The Morgan fingerprint density at radius 2 is 1.41 bits per heavy atom. The molecule has 0 aliphatic rings. The Balaban J connectivity index is 1.66. The third-order valence-corrected chi connectivity index (χ3v) is 7.15. The van der Waals surface area contributed by atoms with Crippen LogP contribution in [0.2, 0.25) is 0 Å². The van der Waals surface area contributed by atoms with Gasteiger partial charge in [-0.25, -0.2) is 9.59 Å². The van der Waals surface area contributed by atoms with Crippen LogP contribution in [0.15, 0.2) is 48.5 Å². The van der Waals surface area contributed by atoms with Crippen molar-refractivity contribution in [3.05, 3.63) is 59.7 Å². The fourth-order valence-corrected chi connectivity index (χ4v) is 3.94. The van der Waals surface area contributed by atoms with Crippen LogP contribution in [0.1, 0.15) is 88.1 Å². The van der Waals surface area contributed by atoms with Gasteiger partial charge in [-0.1, -0.05) is 45.1 Å². The quantitative estimate of drug-likeness (QED) is 0.0626. The number of ether oxygens (including phenoxy) is 6. The lowest BCUT2D eigenvalue weighted by Crippen LogP contribution is -2.26. The zero-order valence-electron chi connectivity index (χ0n) is 26.9. The Morgan fingerprint density at radius 1 is 0.750 bits per heavy atom. The summed E-state index contributed by atoms with van der Waals surface area (Å²) < 4.78 is 32.0. The predicted molar refractivity (Wildman–Crippen MR) is 169 cm³/mol. The molecule has 0 bridgehead atoms. The van der Waals surface area contributed by atoms with Gasteiger partial charge in [0.15, 0.2) is 11.5 Å². The van der Waals surface area contributed by atoms with E-state index in [0.29, 0.717) is 42.4 Å². The minimum absolute atomic E-state index is 0.108. The summed E-state index contributed by atoms with van der Waals surface area (Å²) in [7, 11) is 3.00. The molecule has 0 unspecified atom stereocenters. The maximum absolute atomic E-state index is 12.7. The second-order valence-corrected chi connectivity index (χ2v) is 11.0. The molecule has 2 aromatic rings. The van der Waals surface area contributed by atoms with Gasteiger partial charge in [-0.05, 0) is 81.1 Å². The highest BCUT2D eigenvalue weighted by Gasteiger charge is 2.26. The van der Waals surface area contributed by atoms with Crippen molar-refractivity contribution >= 4 is 24.0 Å². The highest BCUT2D eigenvalue weighted by molar-refractivity contribution is 5.91. The first-order valence-corrected chi connectivity index (χ1v) is 15.3. The lowest BCUT2D eigenvalue weighted by atomic mass is 9.91. The van der Waals surface area contributed by atoms with Crippen LogP contribution in [0.4, 0.5) is 0 Å². The summed E-state index contributed by atoms with van der Waals surface area (Å²) >= 11 is 0. The number of hydrogen-bond acceptors (Lipinski definition) is 9. The zero-order valence-corrected chi connectivity index (χ0v) is 26.9. The Hall–Kier alpha value is -3.85. The normalized spacial score (nSPS) is 11.3. The van der Waals surface area contributed by atoms with E-state index in [-0.39, 0.29) is 18.3 Å². The summed E-state index contributed by atoms with van der Waals surface area (Å²) in [6.07, 6.45) is 11.1. The molecular weight excluding hydrogens is 564 g/mol. The fraction of sp³-hybridized carbons (Fsp3) is 0.514. The van der Waals surface area contributed by atoms with Crippen molar-refractivity contribution in [3.63, 3.8) is 0 Å². The Morgan fingerprint density at radius 3 is 2.05 bits per heavy atom. The first-order chi connectivity index (χ1) is 21.2. The van der Waals surface area contributed by atoms with Gasteiger partial charge >= 0.3 is 17.9 Å². The van der Waals surface area contributed by atoms with Crippen LogP contribution in [0.5, 0.6) is 17.2 Å². The van der Waals surface area contributed by atoms with Gasteiger partial charge in [0.1, 0.15) is 12.4 Å². The summed E-state index contributed by atoms with van der Waals surface area (Å²) in [6, 6.07) is 11.8. The van der Waals surface area contributed by atoms with Crippen LogP contribution >= 0.6 is 0 Å². The maximum atomic E-state index is 12.7. The van der Waals surface area contributed by atoms with E-state index in [0.717, 1.165) is 51.4 Å². The molecule has 0 spiro atoms. The largest absolute Gasteiger partial charge is 0.494 e. The molecule has 2 rings (SSSR count). The molecule has 0 atom stereocenters. The van der Waals surface area contributed by atoms with E-state index < -0.39 is 17.4 Å². The summed E-state index contributed by atoms with van der Waals surface area (Å²) in [4.78, 5) is 36.4. The molecule has 0 heterocycles. The van der Waals surface area contributed by atoms with Gasteiger partial charge in [-0.15, -0.1) is 0 Å². The molecule has 0 aliphatic heterocycles. The van der Waals surface area contributed by atoms with E-state index in [2.05, 4.69) is 0 Å². The van der Waals surface area contributed by atoms with Gasteiger partial charge in [0, 0.05) is 13.2 Å². The van der Waals surface area contributed by atoms with E-state index in [1.54, 1.807) is 48.5 Å². The third-order valence-electron chi connectivity index (χ3n) is 7.15. The maximum Gasteiger partial charge on any atom is 0.343 e. The van der Waals surface area contributed by atoms with Crippen LogP contribution in [0, 0.1) is 5.41 Å². The zero-order chi connectivity index (χ0) is 32.2. The van der Waals surface area contributed by atoms with Crippen LogP contribution in [0.3, 0.4) is 0 Å². The highest BCUT2D eigenvalue weighted by atomic mass is 16.6. The molecule has 0 amide bonds. The van der Waals surface area contributed by atoms with Gasteiger partial charge in [-0.2, -0.15) is 0 Å². The summed E-state index contributed by atoms with van der Waals surface area (Å²) in [6.45, 7) is 7.44. The molecule has 9 nitrogen and oxygen atoms in total. The molecule has 0 saturated carbocycles. The fourth-order valence-electron chi connectivity index (χ4n) is 3.94. The topological polar surface area (TPSA) is 107 Å². The lowest BCUT2D eigenvalue weighted by molar-refractivity contribution is -0.154. The van der Waals surface area contributed by atoms with E-state index >= 15 is 0 Å². The monoisotopic (exact) mass is 612 g/mol. The number of carbonyl (C=O) groups is 3. The van der Waals surface area contributed by atoms with Crippen molar-refractivity contribution in [1.29, 1.82) is 0 Å². The minimum atomic E-state index is -0.525. The van der Waals surface area contributed by atoms with Crippen LogP contribution < -0.4 is 14.2 Å². The smallest absolute Gasteiger partial charge is 0.343 e. The standard InChI is InChI=1S/C35H48O9/c1-6-35(2,3)34(38)43-23-13-11-9-7-8-10-12-22-41-29-18-16-28(17-19-29)33(37)44-30-20-14-27(26-31(30)40-5)15-21-32(36)42-25-24-39-4/h14-21,26H,6-13,22-25H2,1-5H3/b21-15+. The second-order valence-electron chi connectivity index (χ2n) is 11.0. The molecule has 0 saturated heterocycles. The SMILES string of the molecule is CCC(C)(C)C(=O)OCCCCCCCCCOc1ccc(C(=O)Oc2ccc(/C=C/C(=O)OCCOC)cc2OC)cc1. The molecule has 0 radical (unpaired) electrons. The molecule has 0 aromatic heterocycles. The van der Waals surface area contributed by atoms with Crippen LogP contribution in [0.25, 0.3) is 6.08 Å². The predicted octanol–water partition coefficient (Wildman–Crippen LogP) is 7.21. The second kappa shape index (κ2) is 20.2. The first kappa shape index (κ1) is 36.3. The highest BCUT2D eigenvalue weighted by Crippen LogP contribution is 2.29. The van der Waals surface area contributed by atoms with Gasteiger partial charge in [0.25, 0.3) is 0 Å². The first-order valence-electron chi connectivity index (χ1n) is 15.3. The van der Waals surface area contributed by atoms with Crippen molar-refractivity contribution in [2.24, 2.45) is 5.41 Å². The number of hydrogen-bond donors (Lipinski definition) is 0. The Bertz CT molecular complexity index is 1190. The molecule has 242 valence electrons. The van der Waals surface area contributed by atoms with Crippen molar-refractivity contribution in [2.75, 3.05) is 40.6 Å². The molecule has 44 heavy (non-hydrogen) atoms. The van der Waals surface area contributed by atoms with E-state index in [9.17, 15) is 14.4 Å². The third kappa shape index (κ3) is 13.6. The van der Waals surface area contributed by atoms with Crippen LogP contribution in [-0.4, -0.2) is 58.6 Å². The average Bonchev–Trinajstić information content (AvgIpc) is 3.03. The summed E-state index contributed by atoms with van der Waals surface area (Å²) in [5.41, 5.74) is 0.660. The van der Waals surface area contributed by atoms with E-state index in [4.69, 9.17) is 28.4 Å². The van der Waals surface area contributed by atoms with Crippen molar-refractivity contribution < 1.29 is 42.8 Å². The number of benzene rings is 2. The Kier molecular flexibility index (Phi) is 16.7.